The molecule has 2 aliphatic heterocycles. The van der Waals surface area contributed by atoms with Crippen LogP contribution in [0.4, 0.5) is 0 Å². The zero-order valence-electron chi connectivity index (χ0n) is 8.86. The number of hydrogen-bond donors (Lipinski definition) is 0. The van der Waals surface area contributed by atoms with Crippen molar-refractivity contribution in [2.75, 3.05) is 25.9 Å². The Morgan fingerprint density at radius 2 is 2.08 bits per heavy atom. The smallest absolute Gasteiger partial charge is 0.0276 e. The van der Waals surface area contributed by atoms with Gasteiger partial charge in [-0.3, -0.25) is 4.90 Å². The summed E-state index contributed by atoms with van der Waals surface area (Å²) in [5, 5.41) is 0. The first-order valence-corrected chi connectivity index (χ1v) is 6.45. The van der Waals surface area contributed by atoms with Crippen molar-refractivity contribution in [2.45, 2.75) is 32.4 Å². The topological polar surface area (TPSA) is 6.48 Å². The van der Waals surface area contributed by atoms with Gasteiger partial charge in [0.1, 0.15) is 0 Å². The van der Waals surface area contributed by atoms with Gasteiger partial charge in [-0.2, -0.15) is 0 Å². The molecule has 0 saturated carbocycles. The summed E-state index contributed by atoms with van der Waals surface area (Å²) in [7, 11) is 0. The van der Waals surface area contributed by atoms with Gasteiger partial charge in [-0.25, -0.2) is 4.31 Å². The normalized spacial score (nSPS) is 36.0. The fourth-order valence-electron chi connectivity index (χ4n) is 2.75. The highest BCUT2D eigenvalue weighted by Crippen LogP contribution is 2.34. The zero-order valence-corrected chi connectivity index (χ0v) is 9.68. The third-order valence-electron chi connectivity index (χ3n) is 3.48. The predicted octanol–water partition coefficient (Wildman–Crippen LogP) is 1.68. The Bertz CT molecular complexity index is 184. The average molecular weight is 200 g/mol. The summed E-state index contributed by atoms with van der Waals surface area (Å²) >= 11 is 1.91. The van der Waals surface area contributed by atoms with Crippen LogP contribution in [0, 0.1) is 5.92 Å². The van der Waals surface area contributed by atoms with Crippen molar-refractivity contribution >= 4 is 11.9 Å². The van der Waals surface area contributed by atoms with E-state index in [0.717, 1.165) is 18.0 Å². The molecule has 2 aliphatic rings. The largest absolute Gasteiger partial charge is 0.296 e. The van der Waals surface area contributed by atoms with Gasteiger partial charge in [0.15, 0.2) is 0 Å². The zero-order chi connectivity index (χ0) is 9.42. The van der Waals surface area contributed by atoms with Gasteiger partial charge in [0, 0.05) is 25.2 Å². The van der Waals surface area contributed by atoms with Gasteiger partial charge in [-0.05, 0) is 39.0 Å². The highest BCUT2D eigenvalue weighted by Gasteiger charge is 2.41. The Kier molecular flexibility index (Phi) is 2.86. The fraction of sp³-hybridized carbons (Fsp3) is 1.00. The van der Waals surface area contributed by atoms with Gasteiger partial charge < -0.3 is 0 Å². The summed E-state index contributed by atoms with van der Waals surface area (Å²) in [5.74, 6) is 0.954. The number of hydrogen-bond acceptors (Lipinski definition) is 3. The molecule has 76 valence electrons. The summed E-state index contributed by atoms with van der Waals surface area (Å²) < 4.78 is 2.52. The molecule has 0 bridgehead atoms. The third-order valence-corrected chi connectivity index (χ3v) is 4.29. The minimum absolute atomic E-state index is 0.733. The molecule has 0 aromatic rings. The van der Waals surface area contributed by atoms with Crippen LogP contribution in [0.3, 0.4) is 0 Å². The molecule has 0 aromatic carbocycles. The van der Waals surface area contributed by atoms with Gasteiger partial charge in [0.25, 0.3) is 0 Å². The lowest BCUT2D eigenvalue weighted by molar-refractivity contribution is 0.198. The number of rotatable bonds is 2. The predicted molar refractivity (Wildman–Crippen MR) is 58.8 cm³/mol. The van der Waals surface area contributed by atoms with Crippen LogP contribution in [0.25, 0.3) is 0 Å². The van der Waals surface area contributed by atoms with Crippen molar-refractivity contribution in [1.82, 2.24) is 9.21 Å². The van der Waals surface area contributed by atoms with Crippen LogP contribution in [0.2, 0.25) is 0 Å². The molecule has 0 radical (unpaired) electrons. The maximum absolute atomic E-state index is 2.68. The maximum atomic E-state index is 2.68. The Balaban J connectivity index is 1.99. The second-order valence-corrected chi connectivity index (χ2v) is 5.36. The summed E-state index contributed by atoms with van der Waals surface area (Å²) in [6, 6.07) is 1.59. The maximum Gasteiger partial charge on any atom is 0.0276 e. The molecule has 0 aromatic heterocycles. The van der Waals surface area contributed by atoms with E-state index in [1.807, 2.05) is 11.9 Å². The first-order valence-electron chi connectivity index (χ1n) is 5.27. The molecule has 2 fully saturated rings. The molecule has 3 heteroatoms. The first kappa shape index (κ1) is 9.81. The van der Waals surface area contributed by atoms with E-state index in [2.05, 4.69) is 29.3 Å². The second kappa shape index (κ2) is 3.79. The third kappa shape index (κ3) is 1.74. The van der Waals surface area contributed by atoms with Crippen molar-refractivity contribution in [3.63, 3.8) is 0 Å². The summed E-state index contributed by atoms with van der Waals surface area (Å²) in [6.45, 7) is 8.57. The van der Waals surface area contributed by atoms with Crippen LogP contribution in [0.1, 0.15) is 20.3 Å². The number of fused-ring (bicyclic) bond motifs is 1. The van der Waals surface area contributed by atoms with Crippen molar-refractivity contribution < 1.29 is 0 Å². The van der Waals surface area contributed by atoms with E-state index in [9.17, 15) is 0 Å². The van der Waals surface area contributed by atoms with Gasteiger partial charge in [0.05, 0.1) is 0 Å². The Morgan fingerprint density at radius 1 is 1.31 bits per heavy atom. The van der Waals surface area contributed by atoms with Crippen LogP contribution in [0.5, 0.6) is 0 Å². The molecular weight excluding hydrogens is 180 g/mol. The average Bonchev–Trinajstić information content (AvgIpc) is 2.59. The van der Waals surface area contributed by atoms with Crippen LogP contribution < -0.4 is 0 Å². The van der Waals surface area contributed by atoms with Crippen LogP contribution in [0.15, 0.2) is 0 Å². The fourth-order valence-corrected chi connectivity index (χ4v) is 3.39. The molecule has 2 nitrogen and oxygen atoms in total. The van der Waals surface area contributed by atoms with Gasteiger partial charge in [0.2, 0.25) is 0 Å². The Labute approximate surface area is 85.8 Å². The monoisotopic (exact) mass is 200 g/mol. The minimum atomic E-state index is 0.733. The number of likely N-dealkylation sites (tertiary alicyclic amines) is 1. The SMILES string of the molecule is CSN1CC2CCN(C(C)C)C2C1. The Morgan fingerprint density at radius 3 is 2.69 bits per heavy atom. The number of nitrogens with zero attached hydrogens (tertiary/aromatic N) is 2. The second-order valence-electron chi connectivity index (χ2n) is 4.48. The minimum Gasteiger partial charge on any atom is -0.296 e. The van der Waals surface area contributed by atoms with Gasteiger partial charge in [-0.15, -0.1) is 0 Å². The molecule has 2 atom stereocenters. The van der Waals surface area contributed by atoms with E-state index in [0.29, 0.717) is 0 Å². The highest BCUT2D eigenvalue weighted by atomic mass is 32.2. The van der Waals surface area contributed by atoms with Crippen LogP contribution >= 0.6 is 11.9 Å². The van der Waals surface area contributed by atoms with E-state index in [1.165, 1.54) is 26.1 Å². The summed E-state index contributed by atoms with van der Waals surface area (Å²) in [5.41, 5.74) is 0. The molecule has 2 saturated heterocycles. The lowest BCUT2D eigenvalue weighted by Gasteiger charge is -2.27. The first-order chi connectivity index (χ1) is 6.22. The quantitative estimate of drug-likeness (QED) is 0.626. The molecule has 0 aliphatic carbocycles. The van der Waals surface area contributed by atoms with Gasteiger partial charge >= 0.3 is 0 Å². The van der Waals surface area contributed by atoms with Crippen molar-refractivity contribution in [3.8, 4) is 0 Å². The molecule has 2 unspecified atom stereocenters. The Hall–Kier alpha value is 0.270. The molecule has 0 N–H and O–H groups in total. The molecular formula is C10H20N2S. The van der Waals surface area contributed by atoms with Crippen molar-refractivity contribution in [3.05, 3.63) is 0 Å². The highest BCUT2D eigenvalue weighted by molar-refractivity contribution is 7.96. The van der Waals surface area contributed by atoms with E-state index in [1.54, 1.807) is 0 Å². The standard InChI is InChI=1S/C10H20N2S/c1-8(2)12-5-4-9-6-11(13-3)7-10(9)12/h8-10H,4-7H2,1-3H3. The van der Waals surface area contributed by atoms with E-state index in [-0.39, 0.29) is 0 Å². The molecule has 0 amide bonds. The molecule has 0 spiro atoms. The van der Waals surface area contributed by atoms with Crippen LogP contribution in [-0.2, 0) is 0 Å². The molecule has 2 rings (SSSR count). The summed E-state index contributed by atoms with van der Waals surface area (Å²) in [4.78, 5) is 2.68. The van der Waals surface area contributed by atoms with Gasteiger partial charge in [-0.1, -0.05) is 11.9 Å². The molecule has 2 heterocycles. The van der Waals surface area contributed by atoms with Crippen LogP contribution in [-0.4, -0.2) is 47.2 Å². The summed E-state index contributed by atoms with van der Waals surface area (Å²) in [6.07, 6.45) is 3.61. The van der Waals surface area contributed by atoms with E-state index < -0.39 is 0 Å². The van der Waals surface area contributed by atoms with E-state index in [4.69, 9.17) is 0 Å². The van der Waals surface area contributed by atoms with E-state index >= 15 is 0 Å². The van der Waals surface area contributed by atoms with Crippen molar-refractivity contribution in [1.29, 1.82) is 0 Å². The van der Waals surface area contributed by atoms with Crippen molar-refractivity contribution in [2.24, 2.45) is 5.92 Å². The lowest BCUT2D eigenvalue weighted by atomic mass is 10.0. The lowest BCUT2D eigenvalue weighted by Crippen LogP contribution is -2.38. The molecule has 13 heavy (non-hydrogen) atoms.